The van der Waals surface area contributed by atoms with Crippen LogP contribution in [0.25, 0.3) is 0 Å². The van der Waals surface area contributed by atoms with Crippen molar-refractivity contribution in [1.29, 1.82) is 0 Å². The number of benzene rings is 1. The molecule has 2 rings (SSSR count). The maximum Gasteiger partial charge on any atom is 0.216 e. The molecule has 1 heterocycles. The minimum atomic E-state index is -1.23. The molecule has 88 valence electrons. The summed E-state index contributed by atoms with van der Waals surface area (Å²) in [6, 6.07) is 2.25. The number of rotatable bonds is 2. The quantitative estimate of drug-likeness (QED) is 0.753. The summed E-state index contributed by atoms with van der Waals surface area (Å²) in [4.78, 5) is 11.8. The Hall–Kier alpha value is -2.11. The maximum absolute atomic E-state index is 13.4. The maximum atomic E-state index is 13.4. The Morgan fingerprint density at radius 2 is 1.82 bits per heavy atom. The number of hydrogen-bond donors (Lipinski definition) is 0. The van der Waals surface area contributed by atoms with Crippen molar-refractivity contribution in [2.75, 3.05) is 0 Å². The fraction of sp³-hybridized carbons (Fsp3) is 0.0909. The molecule has 0 atom stereocenters. The van der Waals surface area contributed by atoms with E-state index in [4.69, 9.17) is 0 Å². The molecule has 1 aromatic carbocycles. The normalized spacial score (nSPS) is 10.6. The van der Waals surface area contributed by atoms with Gasteiger partial charge < -0.3 is 0 Å². The number of aromatic nitrogens is 2. The lowest BCUT2D eigenvalue weighted by Crippen LogP contribution is -2.12. The molecule has 0 unspecified atom stereocenters. The highest BCUT2D eigenvalue weighted by molar-refractivity contribution is 6.08. The molecule has 3 nitrogen and oxygen atoms in total. The standard InChI is InChI=1S/C11H7F3N2O/c1-16-9(2-3-15-16)11(17)10-7(13)4-6(12)5-8(10)14/h2-5H,1H3. The van der Waals surface area contributed by atoms with Gasteiger partial charge in [0.2, 0.25) is 5.78 Å². The molecule has 0 aliphatic carbocycles. The fourth-order valence-electron chi connectivity index (χ4n) is 1.48. The molecule has 0 spiro atoms. The number of carbonyl (C=O) groups excluding carboxylic acids is 1. The van der Waals surface area contributed by atoms with E-state index in [9.17, 15) is 18.0 Å². The van der Waals surface area contributed by atoms with Crippen molar-refractivity contribution in [2.24, 2.45) is 7.05 Å². The Morgan fingerprint density at radius 1 is 1.24 bits per heavy atom. The Morgan fingerprint density at radius 3 is 2.29 bits per heavy atom. The molecule has 0 fully saturated rings. The summed E-state index contributed by atoms with van der Waals surface area (Å²) in [5.41, 5.74) is -0.760. The van der Waals surface area contributed by atoms with Gasteiger partial charge in [-0.3, -0.25) is 9.48 Å². The highest BCUT2D eigenvalue weighted by Crippen LogP contribution is 2.18. The van der Waals surface area contributed by atoms with Crippen LogP contribution in [-0.2, 0) is 7.05 Å². The van der Waals surface area contributed by atoms with Gasteiger partial charge in [-0.15, -0.1) is 0 Å². The summed E-state index contributed by atoms with van der Waals surface area (Å²) in [5.74, 6) is -4.40. The van der Waals surface area contributed by atoms with Crippen molar-refractivity contribution in [3.05, 3.63) is 53.1 Å². The second kappa shape index (κ2) is 4.04. The van der Waals surface area contributed by atoms with Crippen molar-refractivity contribution in [2.45, 2.75) is 0 Å². The summed E-state index contributed by atoms with van der Waals surface area (Å²) in [6.07, 6.45) is 1.33. The topological polar surface area (TPSA) is 34.9 Å². The number of aryl methyl sites for hydroxylation is 1. The summed E-state index contributed by atoms with van der Waals surface area (Å²) in [5, 5.41) is 3.72. The summed E-state index contributed by atoms with van der Waals surface area (Å²) in [6.45, 7) is 0. The third-order valence-electron chi connectivity index (χ3n) is 2.29. The van der Waals surface area contributed by atoms with Crippen molar-refractivity contribution in [3.8, 4) is 0 Å². The first-order valence-corrected chi connectivity index (χ1v) is 4.68. The van der Waals surface area contributed by atoms with Crippen LogP contribution in [0.3, 0.4) is 0 Å². The molecule has 0 amide bonds. The van der Waals surface area contributed by atoms with Crippen LogP contribution in [0.4, 0.5) is 13.2 Å². The Bertz CT molecular complexity index is 569. The van der Waals surface area contributed by atoms with Crippen LogP contribution >= 0.6 is 0 Å². The van der Waals surface area contributed by atoms with Crippen LogP contribution in [0.2, 0.25) is 0 Å². The monoisotopic (exact) mass is 240 g/mol. The number of ketones is 1. The van der Waals surface area contributed by atoms with Crippen molar-refractivity contribution >= 4 is 5.78 Å². The van der Waals surface area contributed by atoms with Crippen LogP contribution in [0.5, 0.6) is 0 Å². The van der Waals surface area contributed by atoms with Crippen LogP contribution in [0.1, 0.15) is 16.1 Å². The molecule has 0 radical (unpaired) electrons. The van der Waals surface area contributed by atoms with Crippen molar-refractivity contribution in [1.82, 2.24) is 9.78 Å². The average molecular weight is 240 g/mol. The summed E-state index contributed by atoms with van der Waals surface area (Å²) in [7, 11) is 1.46. The molecular formula is C11H7F3N2O. The average Bonchev–Trinajstić information content (AvgIpc) is 2.62. The van der Waals surface area contributed by atoms with Crippen molar-refractivity contribution < 1.29 is 18.0 Å². The number of carbonyl (C=O) groups is 1. The predicted octanol–water partition coefficient (Wildman–Crippen LogP) is 2.07. The van der Waals surface area contributed by atoms with Gasteiger partial charge in [0.05, 0.1) is 5.56 Å². The first kappa shape index (κ1) is 11.4. The van der Waals surface area contributed by atoms with Gasteiger partial charge in [0, 0.05) is 25.4 Å². The molecule has 0 aliphatic rings. The number of nitrogens with zero attached hydrogens (tertiary/aromatic N) is 2. The molecule has 0 aliphatic heterocycles. The van der Waals surface area contributed by atoms with Crippen LogP contribution < -0.4 is 0 Å². The lowest BCUT2D eigenvalue weighted by molar-refractivity contribution is 0.102. The van der Waals surface area contributed by atoms with Crippen LogP contribution in [0, 0.1) is 17.5 Å². The molecular weight excluding hydrogens is 233 g/mol. The third-order valence-corrected chi connectivity index (χ3v) is 2.29. The third kappa shape index (κ3) is 1.93. The van der Waals surface area contributed by atoms with Gasteiger partial charge >= 0.3 is 0 Å². The van der Waals surface area contributed by atoms with Gasteiger partial charge in [-0.05, 0) is 6.07 Å². The fourth-order valence-corrected chi connectivity index (χ4v) is 1.48. The number of hydrogen-bond acceptors (Lipinski definition) is 2. The van der Waals surface area contributed by atoms with Crippen LogP contribution in [0.15, 0.2) is 24.4 Å². The molecule has 6 heteroatoms. The minimum Gasteiger partial charge on any atom is -0.287 e. The molecule has 0 saturated carbocycles. The molecule has 0 bridgehead atoms. The lowest BCUT2D eigenvalue weighted by Gasteiger charge is -2.04. The highest BCUT2D eigenvalue weighted by Gasteiger charge is 2.22. The predicted molar refractivity (Wildman–Crippen MR) is 53.0 cm³/mol. The van der Waals surface area contributed by atoms with E-state index < -0.39 is 28.8 Å². The smallest absolute Gasteiger partial charge is 0.216 e. The van der Waals surface area contributed by atoms with Gasteiger partial charge in [-0.25, -0.2) is 13.2 Å². The number of halogens is 3. The van der Waals surface area contributed by atoms with E-state index in [2.05, 4.69) is 5.10 Å². The van der Waals surface area contributed by atoms with E-state index in [-0.39, 0.29) is 5.69 Å². The summed E-state index contributed by atoms with van der Waals surface area (Å²) < 4.78 is 40.6. The Labute approximate surface area is 94.5 Å². The highest BCUT2D eigenvalue weighted by atomic mass is 19.1. The van der Waals surface area contributed by atoms with Crippen molar-refractivity contribution in [3.63, 3.8) is 0 Å². The largest absolute Gasteiger partial charge is 0.287 e. The van der Waals surface area contributed by atoms with Gasteiger partial charge in [0.25, 0.3) is 0 Å². The zero-order valence-electron chi connectivity index (χ0n) is 8.75. The van der Waals surface area contributed by atoms with E-state index in [0.29, 0.717) is 12.1 Å². The summed E-state index contributed by atoms with van der Waals surface area (Å²) >= 11 is 0. The Kier molecular flexibility index (Phi) is 2.71. The Balaban J connectivity index is 2.56. The van der Waals surface area contributed by atoms with Gasteiger partial charge in [0.15, 0.2) is 0 Å². The molecule has 2 aromatic rings. The van der Waals surface area contributed by atoms with E-state index in [1.54, 1.807) is 0 Å². The van der Waals surface area contributed by atoms with Gasteiger partial charge in [-0.1, -0.05) is 0 Å². The van der Waals surface area contributed by atoms with E-state index in [0.717, 1.165) is 0 Å². The first-order chi connectivity index (χ1) is 8.00. The van der Waals surface area contributed by atoms with Crippen LogP contribution in [-0.4, -0.2) is 15.6 Å². The second-order valence-electron chi connectivity index (χ2n) is 3.41. The van der Waals surface area contributed by atoms with E-state index in [1.165, 1.54) is 24.0 Å². The van der Waals surface area contributed by atoms with E-state index >= 15 is 0 Å². The minimum absolute atomic E-state index is 0.0226. The first-order valence-electron chi connectivity index (χ1n) is 4.68. The molecule has 0 saturated heterocycles. The van der Waals surface area contributed by atoms with E-state index in [1.807, 2.05) is 0 Å². The molecule has 17 heavy (non-hydrogen) atoms. The zero-order chi connectivity index (χ0) is 12.6. The zero-order valence-corrected chi connectivity index (χ0v) is 8.75. The van der Waals surface area contributed by atoms with Gasteiger partial charge in [-0.2, -0.15) is 5.10 Å². The SMILES string of the molecule is Cn1nccc1C(=O)c1c(F)cc(F)cc1F. The van der Waals surface area contributed by atoms with Gasteiger partial charge in [0.1, 0.15) is 23.1 Å². The second-order valence-corrected chi connectivity index (χ2v) is 3.41. The molecule has 1 aromatic heterocycles. The lowest BCUT2D eigenvalue weighted by atomic mass is 10.1. The molecule has 0 N–H and O–H groups in total.